The third-order valence-electron chi connectivity index (χ3n) is 10.9. The van der Waals surface area contributed by atoms with Crippen LogP contribution in [0.3, 0.4) is 0 Å². The molecule has 7 nitrogen and oxygen atoms in total. The SMILES string of the molecule is CC1CC(Nc2ccc(=O)n(C)c2)C(C=N)CC1C1(CC2CCCCC2)CCN(S(=O)(=O)C2CCC(Cl)CC2)C1. The molecule has 1 aromatic rings. The van der Waals surface area contributed by atoms with Crippen LogP contribution in [-0.2, 0) is 17.1 Å². The van der Waals surface area contributed by atoms with Gasteiger partial charge in [-0.2, -0.15) is 0 Å². The van der Waals surface area contributed by atoms with Crippen molar-refractivity contribution < 1.29 is 8.42 Å². The molecule has 1 aromatic heterocycles. The van der Waals surface area contributed by atoms with E-state index >= 15 is 0 Å². The number of aromatic nitrogens is 1. The van der Waals surface area contributed by atoms with Crippen LogP contribution in [0.4, 0.5) is 5.69 Å². The molecule has 4 aliphatic rings. The maximum absolute atomic E-state index is 13.9. The Morgan fingerprint density at radius 2 is 1.82 bits per heavy atom. The highest BCUT2D eigenvalue weighted by Crippen LogP contribution is 2.54. The normalized spacial score (nSPS) is 36.4. The Morgan fingerprint density at radius 3 is 2.50 bits per heavy atom. The first kappa shape index (κ1) is 30.1. The van der Waals surface area contributed by atoms with Crippen molar-refractivity contribution in [3.63, 3.8) is 0 Å². The van der Waals surface area contributed by atoms with Crippen molar-refractivity contribution in [3.8, 4) is 0 Å². The van der Waals surface area contributed by atoms with Crippen LogP contribution in [0.15, 0.2) is 23.1 Å². The minimum Gasteiger partial charge on any atom is -0.380 e. The van der Waals surface area contributed by atoms with Crippen molar-refractivity contribution in [2.24, 2.45) is 36.1 Å². The van der Waals surface area contributed by atoms with Gasteiger partial charge in [-0.25, -0.2) is 12.7 Å². The van der Waals surface area contributed by atoms with E-state index in [9.17, 15) is 13.2 Å². The number of hydrogen-bond donors (Lipinski definition) is 2. The fourth-order valence-corrected chi connectivity index (χ4v) is 11.0. The summed E-state index contributed by atoms with van der Waals surface area (Å²) in [4.78, 5) is 11.9. The van der Waals surface area contributed by atoms with Gasteiger partial charge in [-0.3, -0.25) is 4.79 Å². The van der Waals surface area contributed by atoms with E-state index in [-0.39, 0.29) is 33.6 Å². The minimum absolute atomic E-state index is 0.0267. The van der Waals surface area contributed by atoms with Crippen LogP contribution in [0.1, 0.15) is 90.4 Å². The number of nitrogens with zero attached hydrogens (tertiary/aromatic N) is 2. The van der Waals surface area contributed by atoms with Gasteiger partial charge in [-0.05, 0) is 80.6 Å². The molecule has 9 heteroatoms. The number of rotatable bonds is 8. The third kappa shape index (κ3) is 6.34. The Hall–Kier alpha value is -1.38. The largest absolute Gasteiger partial charge is 0.380 e. The molecule has 5 unspecified atom stereocenters. The predicted octanol–water partition coefficient (Wildman–Crippen LogP) is 6.02. The molecule has 2 N–H and O–H groups in total. The van der Waals surface area contributed by atoms with E-state index in [1.165, 1.54) is 32.1 Å². The molecule has 40 heavy (non-hydrogen) atoms. The Balaban J connectivity index is 1.37. The number of pyridine rings is 1. The third-order valence-corrected chi connectivity index (χ3v) is 13.7. The van der Waals surface area contributed by atoms with Gasteiger partial charge in [0.25, 0.3) is 0 Å². The fraction of sp³-hybridized carbons (Fsp3) is 0.806. The molecule has 3 aliphatic carbocycles. The van der Waals surface area contributed by atoms with Gasteiger partial charge in [0.15, 0.2) is 0 Å². The molecular weight excluding hydrogens is 544 g/mol. The van der Waals surface area contributed by atoms with Crippen LogP contribution < -0.4 is 10.9 Å². The van der Waals surface area contributed by atoms with Crippen LogP contribution in [-0.4, -0.2) is 53.3 Å². The first-order chi connectivity index (χ1) is 19.1. The molecule has 5 rings (SSSR count). The summed E-state index contributed by atoms with van der Waals surface area (Å²) in [5.74, 6) is 1.55. The van der Waals surface area contributed by atoms with E-state index in [0.29, 0.717) is 43.7 Å². The fourth-order valence-electron chi connectivity index (χ4n) is 8.72. The summed E-state index contributed by atoms with van der Waals surface area (Å²) in [6, 6.07) is 3.55. The van der Waals surface area contributed by atoms with Crippen LogP contribution in [0.25, 0.3) is 0 Å². The Kier molecular flexibility index (Phi) is 9.38. The first-order valence-corrected chi connectivity index (χ1v) is 17.6. The van der Waals surface area contributed by atoms with E-state index in [1.807, 2.05) is 16.6 Å². The summed E-state index contributed by atoms with van der Waals surface area (Å²) < 4.78 is 31.2. The second-order valence-electron chi connectivity index (χ2n) is 13.6. The van der Waals surface area contributed by atoms with E-state index in [2.05, 4.69) is 12.2 Å². The van der Waals surface area contributed by atoms with Gasteiger partial charge in [0, 0.05) is 56.0 Å². The summed E-state index contributed by atoms with van der Waals surface area (Å²) in [6.45, 7) is 3.63. The van der Waals surface area contributed by atoms with Crippen LogP contribution in [0.5, 0.6) is 0 Å². The van der Waals surface area contributed by atoms with Gasteiger partial charge < -0.3 is 15.3 Å². The van der Waals surface area contributed by atoms with Crippen molar-refractivity contribution in [1.29, 1.82) is 5.41 Å². The number of aryl methyl sites for hydroxylation is 1. The molecule has 2 heterocycles. The van der Waals surface area contributed by atoms with Gasteiger partial charge in [0.2, 0.25) is 15.6 Å². The van der Waals surface area contributed by atoms with Crippen molar-refractivity contribution in [3.05, 3.63) is 28.7 Å². The molecule has 0 radical (unpaired) electrons. The summed E-state index contributed by atoms with van der Waals surface area (Å²) in [7, 11) is -1.58. The Morgan fingerprint density at radius 1 is 1.10 bits per heavy atom. The van der Waals surface area contributed by atoms with E-state index in [4.69, 9.17) is 17.0 Å². The molecule has 0 bridgehead atoms. The maximum Gasteiger partial charge on any atom is 0.250 e. The molecule has 0 spiro atoms. The Bertz CT molecular complexity index is 1190. The molecule has 224 valence electrons. The van der Waals surface area contributed by atoms with Gasteiger partial charge in [0.1, 0.15) is 0 Å². The lowest BCUT2D eigenvalue weighted by atomic mass is 9.57. The minimum atomic E-state index is -3.34. The first-order valence-electron chi connectivity index (χ1n) is 15.7. The monoisotopic (exact) mass is 592 g/mol. The van der Waals surface area contributed by atoms with Gasteiger partial charge in [-0.15, -0.1) is 11.6 Å². The lowest BCUT2D eigenvalue weighted by molar-refractivity contribution is 0.0372. The Labute approximate surface area is 246 Å². The summed E-state index contributed by atoms with van der Waals surface area (Å²) in [5, 5.41) is 11.8. The molecule has 4 fully saturated rings. The number of alkyl halides is 1. The van der Waals surface area contributed by atoms with Crippen molar-refractivity contribution >= 4 is 33.5 Å². The van der Waals surface area contributed by atoms with Crippen LogP contribution >= 0.6 is 11.6 Å². The maximum atomic E-state index is 13.9. The van der Waals surface area contributed by atoms with E-state index in [0.717, 1.165) is 44.2 Å². The molecular formula is C31H49ClN4O3S. The standard InChI is InChI=1S/C31H49ClN4O3S/c1-22-16-29(34-26-10-13-30(37)35(2)20-26)24(19-33)17-28(22)31(18-23-6-4-3-5-7-23)14-15-36(21-31)40(38,39)27-11-8-25(32)9-12-27/h10,13,19-20,22-25,27-29,33-34H,3-9,11-12,14-18,21H2,1-2H3. The summed E-state index contributed by atoms with van der Waals surface area (Å²) in [5.41, 5.74) is 0.847. The number of halogens is 1. The van der Waals surface area contributed by atoms with Gasteiger partial charge in [0.05, 0.1) is 10.9 Å². The molecule has 3 saturated carbocycles. The van der Waals surface area contributed by atoms with Crippen molar-refractivity contribution in [2.45, 2.75) is 107 Å². The highest BCUT2D eigenvalue weighted by atomic mass is 35.5. The molecule has 5 atom stereocenters. The van der Waals surface area contributed by atoms with Crippen molar-refractivity contribution in [1.82, 2.24) is 8.87 Å². The zero-order valence-electron chi connectivity index (χ0n) is 24.4. The average Bonchev–Trinajstić information content (AvgIpc) is 3.37. The number of hydrogen-bond acceptors (Lipinski definition) is 5. The molecule has 1 aliphatic heterocycles. The van der Waals surface area contributed by atoms with Crippen molar-refractivity contribution in [2.75, 3.05) is 18.4 Å². The lowest BCUT2D eigenvalue weighted by Gasteiger charge is -2.49. The number of nitrogens with one attached hydrogen (secondary N) is 2. The summed E-state index contributed by atoms with van der Waals surface area (Å²) in [6.07, 6.45) is 16.7. The van der Waals surface area contributed by atoms with E-state index in [1.54, 1.807) is 23.9 Å². The van der Waals surface area contributed by atoms with Gasteiger partial charge >= 0.3 is 0 Å². The van der Waals surface area contributed by atoms with Crippen LogP contribution in [0, 0.1) is 34.5 Å². The average molecular weight is 593 g/mol. The molecule has 1 saturated heterocycles. The second-order valence-corrected chi connectivity index (χ2v) is 16.4. The second kappa shape index (κ2) is 12.5. The number of anilines is 1. The quantitative estimate of drug-likeness (QED) is 0.285. The van der Waals surface area contributed by atoms with Crippen LogP contribution in [0.2, 0.25) is 0 Å². The van der Waals surface area contributed by atoms with E-state index < -0.39 is 10.0 Å². The topological polar surface area (TPSA) is 95.3 Å². The zero-order chi connectivity index (χ0) is 28.5. The molecule has 0 amide bonds. The summed E-state index contributed by atoms with van der Waals surface area (Å²) >= 11 is 6.32. The predicted molar refractivity (Wildman–Crippen MR) is 164 cm³/mol. The highest BCUT2D eigenvalue weighted by Gasteiger charge is 2.53. The lowest BCUT2D eigenvalue weighted by Crippen LogP contribution is -2.49. The smallest absolute Gasteiger partial charge is 0.250 e. The highest BCUT2D eigenvalue weighted by molar-refractivity contribution is 7.89. The zero-order valence-corrected chi connectivity index (χ0v) is 25.9. The molecule has 0 aromatic carbocycles. The number of sulfonamides is 1. The van der Waals surface area contributed by atoms with Gasteiger partial charge in [-0.1, -0.05) is 39.0 Å².